The lowest BCUT2D eigenvalue weighted by atomic mass is 10.1. The molecular formula is C13H14F2. The summed E-state index contributed by atoms with van der Waals surface area (Å²) >= 11 is 0. The van der Waals surface area contributed by atoms with Gasteiger partial charge in [0, 0.05) is 6.42 Å². The Hall–Kier alpha value is -1.40. The number of halogens is 2. The molecule has 1 aromatic carbocycles. The Kier molecular flexibility index (Phi) is 4.79. The molecule has 0 unspecified atom stereocenters. The van der Waals surface area contributed by atoms with Gasteiger partial charge < -0.3 is 0 Å². The standard InChI is InChI=1S/C13H14F2/c1-2-12(14)6-4-3-5-11-7-9-13(15)10-8-11/h4,7-10H,2-3,5H2,1H3. The van der Waals surface area contributed by atoms with Gasteiger partial charge in [-0.15, -0.1) is 0 Å². The van der Waals surface area contributed by atoms with Gasteiger partial charge in [-0.25, -0.2) is 8.78 Å². The zero-order valence-corrected chi connectivity index (χ0v) is 8.76. The van der Waals surface area contributed by atoms with Crippen molar-refractivity contribution in [3.05, 3.63) is 53.3 Å². The lowest BCUT2D eigenvalue weighted by Gasteiger charge is -1.96. The summed E-state index contributed by atoms with van der Waals surface area (Å²) < 4.78 is 25.2. The molecule has 0 amide bonds. The second-order valence-corrected chi connectivity index (χ2v) is 3.27. The number of allylic oxidation sites excluding steroid dienone is 1. The number of hydrogen-bond donors (Lipinski definition) is 0. The molecule has 15 heavy (non-hydrogen) atoms. The van der Waals surface area contributed by atoms with Gasteiger partial charge in [-0.2, -0.15) is 0 Å². The minimum atomic E-state index is -0.230. The monoisotopic (exact) mass is 208 g/mol. The highest BCUT2D eigenvalue weighted by Crippen LogP contribution is 2.06. The van der Waals surface area contributed by atoms with Crippen LogP contribution >= 0.6 is 0 Å². The van der Waals surface area contributed by atoms with E-state index in [9.17, 15) is 8.78 Å². The topological polar surface area (TPSA) is 0 Å². The third kappa shape index (κ3) is 4.57. The highest BCUT2D eigenvalue weighted by molar-refractivity contribution is 5.16. The molecule has 1 aromatic rings. The summed E-state index contributed by atoms with van der Waals surface area (Å²) in [7, 11) is 0. The van der Waals surface area contributed by atoms with Crippen molar-refractivity contribution < 1.29 is 8.78 Å². The number of aryl methyl sites for hydroxylation is 1. The molecule has 0 aromatic heterocycles. The molecule has 0 atom stereocenters. The Bertz CT molecular complexity index is 357. The maximum Gasteiger partial charge on any atom is 0.141 e. The zero-order chi connectivity index (χ0) is 11.1. The van der Waals surface area contributed by atoms with E-state index in [2.05, 4.69) is 5.73 Å². The lowest BCUT2D eigenvalue weighted by molar-refractivity contribution is 0.606. The first-order valence-corrected chi connectivity index (χ1v) is 5.06. The van der Waals surface area contributed by atoms with Gasteiger partial charge in [0.25, 0.3) is 0 Å². The Morgan fingerprint density at radius 3 is 2.60 bits per heavy atom. The Morgan fingerprint density at radius 2 is 2.00 bits per heavy atom. The molecule has 80 valence electrons. The largest absolute Gasteiger partial charge is 0.207 e. The van der Waals surface area contributed by atoms with E-state index in [0.717, 1.165) is 18.4 Å². The predicted molar refractivity (Wildman–Crippen MR) is 57.7 cm³/mol. The normalized spacial score (nSPS) is 9.53. The van der Waals surface area contributed by atoms with Gasteiger partial charge in [0.1, 0.15) is 11.6 Å². The summed E-state index contributed by atoms with van der Waals surface area (Å²) in [5, 5.41) is 0. The van der Waals surface area contributed by atoms with E-state index in [0.29, 0.717) is 6.42 Å². The van der Waals surface area contributed by atoms with Crippen molar-refractivity contribution in [2.75, 3.05) is 0 Å². The van der Waals surface area contributed by atoms with Crippen LogP contribution in [-0.4, -0.2) is 0 Å². The molecular weight excluding hydrogens is 194 g/mol. The van der Waals surface area contributed by atoms with Crippen molar-refractivity contribution in [2.45, 2.75) is 26.2 Å². The molecule has 0 heterocycles. The molecule has 0 aliphatic carbocycles. The maximum absolute atomic E-state index is 12.6. The second kappa shape index (κ2) is 6.15. The summed E-state index contributed by atoms with van der Waals surface area (Å²) in [6.07, 6.45) is 3.57. The van der Waals surface area contributed by atoms with Crippen LogP contribution in [0.2, 0.25) is 0 Å². The van der Waals surface area contributed by atoms with Crippen molar-refractivity contribution >= 4 is 0 Å². The van der Waals surface area contributed by atoms with Gasteiger partial charge in [-0.3, -0.25) is 0 Å². The van der Waals surface area contributed by atoms with E-state index in [4.69, 9.17) is 0 Å². The maximum atomic E-state index is 12.6. The molecule has 0 fully saturated rings. The molecule has 0 N–H and O–H groups in total. The second-order valence-electron chi connectivity index (χ2n) is 3.27. The van der Waals surface area contributed by atoms with E-state index >= 15 is 0 Å². The molecule has 0 bridgehead atoms. The Balaban J connectivity index is 2.45. The van der Waals surface area contributed by atoms with Crippen LogP contribution in [0, 0.1) is 5.82 Å². The van der Waals surface area contributed by atoms with Crippen LogP contribution in [0.5, 0.6) is 0 Å². The van der Waals surface area contributed by atoms with Gasteiger partial charge >= 0.3 is 0 Å². The van der Waals surface area contributed by atoms with Gasteiger partial charge in [0.2, 0.25) is 0 Å². The van der Waals surface area contributed by atoms with Gasteiger partial charge in [0.15, 0.2) is 0 Å². The summed E-state index contributed by atoms with van der Waals surface area (Å²) in [5.41, 5.74) is 3.61. The van der Waals surface area contributed by atoms with Gasteiger partial charge in [-0.05, 0) is 36.6 Å². The van der Waals surface area contributed by atoms with Crippen LogP contribution in [-0.2, 0) is 6.42 Å². The number of rotatable bonds is 4. The van der Waals surface area contributed by atoms with Gasteiger partial charge in [0.05, 0.1) is 0 Å². The summed E-state index contributed by atoms with van der Waals surface area (Å²) in [5.74, 6) is -0.458. The summed E-state index contributed by atoms with van der Waals surface area (Å²) in [6.45, 7) is 1.75. The minimum Gasteiger partial charge on any atom is -0.207 e. The highest BCUT2D eigenvalue weighted by atomic mass is 19.1. The quantitative estimate of drug-likeness (QED) is 0.651. The average molecular weight is 208 g/mol. The minimum absolute atomic E-state index is 0.228. The third-order valence-electron chi connectivity index (χ3n) is 2.06. The molecule has 2 heteroatoms. The number of benzene rings is 1. The zero-order valence-electron chi connectivity index (χ0n) is 8.76. The smallest absolute Gasteiger partial charge is 0.141 e. The first-order chi connectivity index (χ1) is 7.22. The molecule has 0 aliphatic heterocycles. The van der Waals surface area contributed by atoms with Crippen molar-refractivity contribution in [2.24, 2.45) is 0 Å². The Morgan fingerprint density at radius 1 is 1.33 bits per heavy atom. The van der Waals surface area contributed by atoms with Crippen LogP contribution in [0.25, 0.3) is 0 Å². The van der Waals surface area contributed by atoms with E-state index in [1.807, 2.05) is 0 Å². The average Bonchev–Trinajstić information content (AvgIpc) is 2.26. The molecule has 0 saturated carbocycles. The SMILES string of the molecule is CCC(F)=C=CCCc1ccc(F)cc1. The number of hydrogen-bond acceptors (Lipinski definition) is 0. The van der Waals surface area contributed by atoms with E-state index < -0.39 is 0 Å². The highest BCUT2D eigenvalue weighted by Gasteiger charge is 1.92. The van der Waals surface area contributed by atoms with Crippen molar-refractivity contribution in [3.63, 3.8) is 0 Å². The summed E-state index contributed by atoms with van der Waals surface area (Å²) in [6, 6.07) is 6.34. The lowest BCUT2D eigenvalue weighted by Crippen LogP contribution is -1.83. The van der Waals surface area contributed by atoms with E-state index in [1.165, 1.54) is 12.1 Å². The van der Waals surface area contributed by atoms with E-state index in [-0.39, 0.29) is 11.6 Å². The Labute approximate surface area is 88.9 Å². The first kappa shape index (κ1) is 11.7. The molecule has 0 radical (unpaired) electrons. The molecule has 0 spiro atoms. The van der Waals surface area contributed by atoms with Crippen LogP contribution < -0.4 is 0 Å². The van der Waals surface area contributed by atoms with Crippen molar-refractivity contribution in [1.82, 2.24) is 0 Å². The van der Waals surface area contributed by atoms with Crippen molar-refractivity contribution in [3.8, 4) is 0 Å². The third-order valence-corrected chi connectivity index (χ3v) is 2.06. The fourth-order valence-corrected chi connectivity index (χ4v) is 1.17. The molecule has 1 rings (SSSR count). The van der Waals surface area contributed by atoms with Crippen LogP contribution in [0.1, 0.15) is 25.3 Å². The van der Waals surface area contributed by atoms with E-state index in [1.54, 1.807) is 25.1 Å². The molecule has 0 aliphatic rings. The summed E-state index contributed by atoms with van der Waals surface area (Å²) in [4.78, 5) is 0. The van der Waals surface area contributed by atoms with Crippen LogP contribution in [0.15, 0.2) is 41.9 Å². The van der Waals surface area contributed by atoms with Crippen LogP contribution in [0.3, 0.4) is 0 Å². The fraction of sp³-hybridized carbons (Fsp3) is 0.308. The van der Waals surface area contributed by atoms with Crippen LogP contribution in [0.4, 0.5) is 8.78 Å². The van der Waals surface area contributed by atoms with Gasteiger partial charge in [-0.1, -0.05) is 24.8 Å². The fourth-order valence-electron chi connectivity index (χ4n) is 1.17. The predicted octanol–water partition coefficient (Wildman–Crippen LogP) is 4.18. The molecule has 0 nitrogen and oxygen atoms in total. The molecule has 0 saturated heterocycles. The first-order valence-electron chi connectivity index (χ1n) is 5.06. The van der Waals surface area contributed by atoms with Crippen molar-refractivity contribution in [1.29, 1.82) is 0 Å².